The van der Waals surface area contributed by atoms with Gasteiger partial charge in [0.1, 0.15) is 17.1 Å². The van der Waals surface area contributed by atoms with E-state index in [2.05, 4.69) is 4.74 Å². The molecule has 0 saturated heterocycles. The van der Waals surface area contributed by atoms with Crippen LogP contribution in [-0.2, 0) is 10.9 Å². The Balaban J connectivity index is 2.11. The maximum absolute atomic E-state index is 14.6. The van der Waals surface area contributed by atoms with E-state index in [-0.39, 0.29) is 22.4 Å². The van der Waals surface area contributed by atoms with Gasteiger partial charge in [-0.2, -0.15) is 13.2 Å². The molecule has 0 aromatic heterocycles. The first-order chi connectivity index (χ1) is 15.1. The first-order valence-corrected chi connectivity index (χ1v) is 9.07. The van der Waals surface area contributed by atoms with Crippen LogP contribution in [0.25, 0.3) is 0 Å². The van der Waals surface area contributed by atoms with E-state index in [1.165, 1.54) is 18.2 Å². The molecule has 0 N–H and O–H groups in total. The number of nitro groups is 1. The summed E-state index contributed by atoms with van der Waals surface area (Å²) in [4.78, 5) is 22.5. The lowest BCUT2D eigenvalue weighted by Gasteiger charge is -2.22. The number of rotatable bonds is 6. The fourth-order valence-corrected chi connectivity index (χ4v) is 2.98. The minimum absolute atomic E-state index is 0.0126. The number of halogens is 4. The highest BCUT2D eigenvalue weighted by molar-refractivity contribution is 5.93. The Morgan fingerprint density at radius 2 is 1.69 bits per heavy atom. The van der Waals surface area contributed by atoms with E-state index in [0.29, 0.717) is 0 Å². The van der Waals surface area contributed by atoms with Crippen LogP contribution in [0.1, 0.15) is 33.2 Å². The predicted octanol–water partition coefficient (Wildman–Crippen LogP) is 5.71. The number of non-ortho nitro benzene ring substituents is 1. The van der Waals surface area contributed by atoms with Gasteiger partial charge < -0.3 is 9.47 Å². The molecule has 0 spiro atoms. The molecule has 0 aliphatic rings. The van der Waals surface area contributed by atoms with Crippen LogP contribution in [-0.4, -0.2) is 18.0 Å². The fraction of sp³-hybridized carbons (Fsp3) is 0.136. The van der Waals surface area contributed by atoms with Gasteiger partial charge in [-0.3, -0.25) is 10.1 Å². The van der Waals surface area contributed by atoms with Gasteiger partial charge in [-0.1, -0.05) is 30.3 Å². The monoisotopic (exact) mass is 449 g/mol. The number of nitrogens with zero attached hydrogens (tertiary/aromatic N) is 1. The molecule has 3 aromatic carbocycles. The van der Waals surface area contributed by atoms with Gasteiger partial charge in [0.2, 0.25) is 0 Å². The molecule has 3 aromatic rings. The molecule has 1 unspecified atom stereocenters. The van der Waals surface area contributed by atoms with Crippen molar-refractivity contribution in [3.63, 3.8) is 0 Å². The maximum atomic E-state index is 14.6. The number of ether oxygens (including phenoxy) is 2. The third-order valence-corrected chi connectivity index (χ3v) is 4.55. The average Bonchev–Trinajstić information content (AvgIpc) is 2.77. The van der Waals surface area contributed by atoms with Gasteiger partial charge in [-0.25, -0.2) is 9.18 Å². The summed E-state index contributed by atoms with van der Waals surface area (Å²) in [6, 6.07) is 12.5. The van der Waals surface area contributed by atoms with E-state index < -0.39 is 40.2 Å². The second-order valence-electron chi connectivity index (χ2n) is 6.57. The maximum Gasteiger partial charge on any atom is 0.416 e. The van der Waals surface area contributed by atoms with Crippen molar-refractivity contribution >= 4 is 11.7 Å². The molecule has 0 aliphatic carbocycles. The molecule has 0 fully saturated rings. The smallest absolute Gasteiger partial charge is 0.416 e. The Morgan fingerprint density at radius 3 is 2.25 bits per heavy atom. The van der Waals surface area contributed by atoms with Gasteiger partial charge in [-0.15, -0.1) is 0 Å². The van der Waals surface area contributed by atoms with Crippen molar-refractivity contribution in [1.82, 2.24) is 0 Å². The Bertz CT molecular complexity index is 1150. The molecule has 1 atom stereocenters. The van der Waals surface area contributed by atoms with Gasteiger partial charge in [0.05, 0.1) is 17.6 Å². The van der Waals surface area contributed by atoms with E-state index in [1.54, 1.807) is 0 Å². The molecule has 0 amide bonds. The summed E-state index contributed by atoms with van der Waals surface area (Å²) in [5.41, 5.74) is -1.46. The zero-order chi connectivity index (χ0) is 23.5. The van der Waals surface area contributed by atoms with Crippen LogP contribution in [0.5, 0.6) is 5.75 Å². The first kappa shape index (κ1) is 22.7. The topological polar surface area (TPSA) is 78.7 Å². The largest absolute Gasteiger partial charge is 0.480 e. The molecule has 0 radical (unpaired) electrons. The lowest BCUT2D eigenvalue weighted by Crippen LogP contribution is -2.15. The lowest BCUT2D eigenvalue weighted by molar-refractivity contribution is -0.384. The van der Waals surface area contributed by atoms with E-state index in [1.807, 2.05) is 0 Å². The fourth-order valence-electron chi connectivity index (χ4n) is 2.98. The molecule has 3 rings (SSSR count). The van der Waals surface area contributed by atoms with Crippen molar-refractivity contribution in [3.05, 3.63) is 105 Å². The minimum Gasteiger partial charge on any atom is -0.480 e. The number of hydrogen-bond donors (Lipinski definition) is 0. The quantitative estimate of drug-likeness (QED) is 0.209. The third kappa shape index (κ3) is 4.85. The Morgan fingerprint density at radius 1 is 1.03 bits per heavy atom. The van der Waals surface area contributed by atoms with Crippen LogP contribution in [0.3, 0.4) is 0 Å². The number of methoxy groups -OCH3 is 1. The lowest BCUT2D eigenvalue weighted by atomic mass is 9.99. The van der Waals surface area contributed by atoms with Crippen molar-refractivity contribution in [2.45, 2.75) is 12.3 Å². The standard InChI is InChI=1S/C22H15F4NO5/c1-31-21(28)17-12-15(27(29)30)10-11-19(17)32-20(16-4-2-3-5-18(16)23)13-6-8-14(9-7-13)22(24,25)26/h2-12,20H,1H3. The van der Waals surface area contributed by atoms with Crippen LogP contribution in [0.4, 0.5) is 23.2 Å². The molecular formula is C22H15F4NO5. The summed E-state index contributed by atoms with van der Waals surface area (Å²) in [6.07, 6.45) is -5.83. The van der Waals surface area contributed by atoms with E-state index in [0.717, 1.165) is 55.6 Å². The number of benzene rings is 3. The van der Waals surface area contributed by atoms with Gasteiger partial charge >= 0.3 is 12.1 Å². The van der Waals surface area contributed by atoms with Gasteiger partial charge in [0.25, 0.3) is 5.69 Å². The van der Waals surface area contributed by atoms with Crippen LogP contribution >= 0.6 is 0 Å². The van der Waals surface area contributed by atoms with E-state index in [4.69, 9.17) is 4.74 Å². The summed E-state index contributed by atoms with van der Waals surface area (Å²) >= 11 is 0. The summed E-state index contributed by atoms with van der Waals surface area (Å²) in [7, 11) is 1.06. The van der Waals surface area contributed by atoms with Crippen molar-refractivity contribution in [2.24, 2.45) is 0 Å². The first-order valence-electron chi connectivity index (χ1n) is 9.07. The summed E-state index contributed by atoms with van der Waals surface area (Å²) in [6.45, 7) is 0. The number of hydrogen-bond acceptors (Lipinski definition) is 5. The molecule has 0 heterocycles. The van der Waals surface area contributed by atoms with Gasteiger partial charge in [0.15, 0.2) is 6.10 Å². The van der Waals surface area contributed by atoms with Crippen LogP contribution < -0.4 is 4.74 Å². The molecule has 6 nitrogen and oxygen atoms in total. The number of carbonyl (C=O) groups is 1. The number of carbonyl (C=O) groups excluding carboxylic acids is 1. The normalized spacial score (nSPS) is 12.2. The summed E-state index contributed by atoms with van der Waals surface area (Å²) in [5, 5.41) is 11.1. The highest BCUT2D eigenvalue weighted by atomic mass is 19.4. The molecule has 10 heteroatoms. The Kier molecular flexibility index (Phi) is 6.42. The van der Waals surface area contributed by atoms with Crippen molar-refractivity contribution in [3.8, 4) is 5.75 Å². The number of nitro benzene ring substituents is 1. The predicted molar refractivity (Wildman–Crippen MR) is 105 cm³/mol. The molecule has 0 aliphatic heterocycles. The SMILES string of the molecule is COC(=O)c1cc([N+](=O)[O-])ccc1OC(c1ccc(C(F)(F)F)cc1)c1ccccc1F. The average molecular weight is 449 g/mol. The molecule has 0 saturated carbocycles. The third-order valence-electron chi connectivity index (χ3n) is 4.55. The van der Waals surface area contributed by atoms with Crippen molar-refractivity contribution in [2.75, 3.05) is 7.11 Å². The van der Waals surface area contributed by atoms with Crippen molar-refractivity contribution in [1.29, 1.82) is 0 Å². The highest BCUT2D eigenvalue weighted by Gasteiger charge is 2.31. The number of esters is 1. The Hall–Kier alpha value is -3.95. The van der Waals surface area contributed by atoms with Gasteiger partial charge in [-0.05, 0) is 29.8 Å². The second kappa shape index (κ2) is 9.04. The van der Waals surface area contributed by atoms with Crippen LogP contribution in [0, 0.1) is 15.9 Å². The summed E-state index contributed by atoms with van der Waals surface area (Å²) < 4.78 is 63.9. The second-order valence-corrected chi connectivity index (χ2v) is 6.57. The zero-order valence-corrected chi connectivity index (χ0v) is 16.4. The highest BCUT2D eigenvalue weighted by Crippen LogP contribution is 2.35. The van der Waals surface area contributed by atoms with E-state index in [9.17, 15) is 32.5 Å². The minimum atomic E-state index is -4.57. The summed E-state index contributed by atoms with van der Waals surface area (Å²) in [5.74, 6) is -1.81. The molecular weight excluding hydrogens is 434 g/mol. The van der Waals surface area contributed by atoms with Crippen molar-refractivity contribution < 1.29 is 36.8 Å². The Labute approximate surface area is 179 Å². The van der Waals surface area contributed by atoms with Crippen LogP contribution in [0.2, 0.25) is 0 Å². The number of alkyl halides is 3. The van der Waals surface area contributed by atoms with E-state index >= 15 is 0 Å². The zero-order valence-electron chi connectivity index (χ0n) is 16.4. The molecule has 32 heavy (non-hydrogen) atoms. The van der Waals surface area contributed by atoms with Gasteiger partial charge in [0, 0.05) is 17.7 Å². The molecule has 0 bridgehead atoms. The van der Waals surface area contributed by atoms with Crippen LogP contribution in [0.15, 0.2) is 66.7 Å². The molecule has 166 valence electrons.